The summed E-state index contributed by atoms with van der Waals surface area (Å²) in [6.07, 6.45) is 12.1. The van der Waals surface area contributed by atoms with Crippen LogP contribution in [0.5, 0.6) is 0 Å². The Bertz CT molecular complexity index is 587. The molecule has 0 saturated carbocycles. The van der Waals surface area contributed by atoms with Crippen molar-refractivity contribution in [1.29, 1.82) is 0 Å². The average Bonchev–Trinajstić information content (AvgIpc) is 2.74. The number of carbonyl (C=O) groups excluding carboxylic acids is 3. The molecule has 2 rings (SSSR count). The second kappa shape index (κ2) is 6.47. The maximum absolute atomic E-state index is 11.7. The molecule has 2 aliphatic heterocycles. The van der Waals surface area contributed by atoms with Crippen molar-refractivity contribution in [3.8, 4) is 0 Å². The maximum atomic E-state index is 11.7. The van der Waals surface area contributed by atoms with E-state index in [-0.39, 0.29) is 24.4 Å². The number of hydrogen-bond acceptors (Lipinski definition) is 5. The van der Waals surface area contributed by atoms with E-state index >= 15 is 0 Å². The van der Waals surface area contributed by atoms with Gasteiger partial charge in [0, 0.05) is 18.1 Å². The third-order valence-electron chi connectivity index (χ3n) is 2.51. The summed E-state index contributed by atoms with van der Waals surface area (Å²) >= 11 is 0. The van der Waals surface area contributed by atoms with Crippen molar-refractivity contribution in [1.82, 2.24) is 0 Å². The number of rotatable bonds is 0. The van der Waals surface area contributed by atoms with Gasteiger partial charge >= 0.3 is 11.9 Å². The Hall–Kier alpha value is -2.69. The molecule has 0 N–H and O–H groups in total. The summed E-state index contributed by atoms with van der Waals surface area (Å²) in [5, 5.41) is 0. The number of allylic oxidation sites excluding steroid dienone is 7. The Kier molecular flexibility index (Phi) is 4.44. The first-order chi connectivity index (χ1) is 9.65. The standard InChI is InChI=1S/C15H12O5/c16-12-6-4-2-1-3-5-7-14(17)19-10-13-11(8-12)9-15(18)20-13/h1-5,7-8,10H,6,9H2/b3-1-,4-2-,7-5-,11-8-,13-10+. The lowest BCUT2D eigenvalue weighted by Gasteiger charge is -1.99. The number of ether oxygens (including phenoxy) is 2. The van der Waals surface area contributed by atoms with Gasteiger partial charge in [-0.1, -0.05) is 30.4 Å². The summed E-state index contributed by atoms with van der Waals surface area (Å²) in [4.78, 5) is 34.3. The van der Waals surface area contributed by atoms with E-state index in [0.29, 0.717) is 5.57 Å². The van der Waals surface area contributed by atoms with Crippen molar-refractivity contribution in [2.24, 2.45) is 0 Å². The molecule has 0 amide bonds. The van der Waals surface area contributed by atoms with Crippen LogP contribution < -0.4 is 0 Å². The highest BCUT2D eigenvalue weighted by atomic mass is 16.6. The summed E-state index contributed by atoms with van der Waals surface area (Å²) in [7, 11) is 0. The van der Waals surface area contributed by atoms with Gasteiger partial charge in [-0.3, -0.25) is 9.59 Å². The van der Waals surface area contributed by atoms with E-state index in [0.717, 1.165) is 6.26 Å². The Balaban J connectivity index is 2.29. The smallest absolute Gasteiger partial charge is 0.335 e. The molecule has 5 heteroatoms. The molecule has 0 radical (unpaired) electrons. The highest BCUT2D eigenvalue weighted by molar-refractivity contribution is 5.94. The predicted molar refractivity (Wildman–Crippen MR) is 70.0 cm³/mol. The van der Waals surface area contributed by atoms with Gasteiger partial charge in [0.2, 0.25) is 0 Å². The molecule has 0 aromatic rings. The van der Waals surface area contributed by atoms with Crippen LogP contribution >= 0.6 is 0 Å². The first-order valence-corrected chi connectivity index (χ1v) is 6.00. The van der Waals surface area contributed by atoms with E-state index < -0.39 is 11.9 Å². The van der Waals surface area contributed by atoms with E-state index in [1.807, 2.05) is 0 Å². The largest absolute Gasteiger partial charge is 0.427 e. The fourth-order valence-electron chi connectivity index (χ4n) is 1.62. The number of esters is 2. The van der Waals surface area contributed by atoms with E-state index in [2.05, 4.69) is 0 Å². The third kappa shape index (κ3) is 3.91. The second-order valence-electron chi connectivity index (χ2n) is 4.08. The summed E-state index contributed by atoms with van der Waals surface area (Å²) in [6.45, 7) is 0. The fourth-order valence-corrected chi connectivity index (χ4v) is 1.62. The zero-order valence-corrected chi connectivity index (χ0v) is 10.6. The molecule has 5 nitrogen and oxygen atoms in total. The van der Waals surface area contributed by atoms with E-state index in [4.69, 9.17) is 9.47 Å². The topological polar surface area (TPSA) is 69.7 Å². The second-order valence-corrected chi connectivity index (χ2v) is 4.08. The van der Waals surface area contributed by atoms with Crippen LogP contribution in [0.25, 0.3) is 0 Å². The third-order valence-corrected chi connectivity index (χ3v) is 2.51. The number of ketones is 1. The molecule has 0 aromatic heterocycles. The Morgan fingerprint density at radius 2 is 1.80 bits per heavy atom. The Morgan fingerprint density at radius 1 is 1.00 bits per heavy atom. The zero-order chi connectivity index (χ0) is 14.4. The summed E-state index contributed by atoms with van der Waals surface area (Å²) in [5.74, 6) is -1.14. The molecule has 0 unspecified atom stereocenters. The summed E-state index contributed by atoms with van der Waals surface area (Å²) in [5.41, 5.74) is 0.415. The summed E-state index contributed by atoms with van der Waals surface area (Å²) < 4.78 is 9.71. The quantitative estimate of drug-likeness (QED) is 0.630. The first-order valence-electron chi connectivity index (χ1n) is 6.00. The van der Waals surface area contributed by atoms with Crippen LogP contribution in [-0.4, -0.2) is 17.7 Å². The predicted octanol–water partition coefficient (Wildman–Crippen LogP) is 1.89. The molecule has 0 atom stereocenters. The molecule has 0 bridgehead atoms. The first kappa shape index (κ1) is 13.7. The lowest BCUT2D eigenvalue weighted by atomic mass is 10.1. The van der Waals surface area contributed by atoms with Crippen molar-refractivity contribution < 1.29 is 23.9 Å². The van der Waals surface area contributed by atoms with Crippen molar-refractivity contribution in [2.75, 3.05) is 0 Å². The van der Waals surface area contributed by atoms with Crippen LogP contribution in [0.15, 0.2) is 60.1 Å². The number of cyclic esters (lactones) is 1. The minimum Gasteiger partial charge on any atom is -0.427 e. The minimum atomic E-state index is -0.600. The van der Waals surface area contributed by atoms with Gasteiger partial charge in [-0.25, -0.2) is 4.79 Å². The van der Waals surface area contributed by atoms with E-state index in [1.165, 1.54) is 18.2 Å². The van der Waals surface area contributed by atoms with E-state index in [1.54, 1.807) is 24.3 Å². The monoisotopic (exact) mass is 272 g/mol. The zero-order valence-electron chi connectivity index (χ0n) is 10.6. The van der Waals surface area contributed by atoms with Gasteiger partial charge in [-0.05, 0) is 6.08 Å². The van der Waals surface area contributed by atoms with Crippen LogP contribution in [0, 0.1) is 0 Å². The molecule has 0 aliphatic carbocycles. The molecule has 20 heavy (non-hydrogen) atoms. The lowest BCUT2D eigenvalue weighted by molar-refractivity contribution is -0.137. The highest BCUT2D eigenvalue weighted by Gasteiger charge is 2.25. The van der Waals surface area contributed by atoms with Crippen molar-refractivity contribution in [3.05, 3.63) is 60.1 Å². The highest BCUT2D eigenvalue weighted by Crippen LogP contribution is 2.25. The van der Waals surface area contributed by atoms with Crippen molar-refractivity contribution in [2.45, 2.75) is 12.8 Å². The van der Waals surface area contributed by atoms with Crippen LogP contribution in [-0.2, 0) is 23.9 Å². The SMILES string of the molecule is O=C1/C=C2/CC(=O)O/C2=C/OC(=O)\C=C/C=C\C=C/C1. The average molecular weight is 272 g/mol. The van der Waals surface area contributed by atoms with Crippen molar-refractivity contribution >= 4 is 17.7 Å². The Morgan fingerprint density at radius 3 is 2.65 bits per heavy atom. The van der Waals surface area contributed by atoms with Crippen LogP contribution in [0.4, 0.5) is 0 Å². The van der Waals surface area contributed by atoms with Gasteiger partial charge in [0.1, 0.15) is 6.26 Å². The Labute approximate surface area is 115 Å². The fraction of sp³-hybridized carbons (Fsp3) is 0.133. The molecule has 2 aliphatic rings. The van der Waals surface area contributed by atoms with Gasteiger partial charge in [-0.15, -0.1) is 0 Å². The maximum Gasteiger partial charge on any atom is 0.335 e. The summed E-state index contributed by atoms with van der Waals surface area (Å²) in [6, 6.07) is 0. The normalized spacial score (nSPS) is 29.7. The lowest BCUT2D eigenvalue weighted by Crippen LogP contribution is -1.97. The van der Waals surface area contributed by atoms with Gasteiger partial charge in [0.25, 0.3) is 0 Å². The molecule has 2 heterocycles. The molecular weight excluding hydrogens is 260 g/mol. The van der Waals surface area contributed by atoms with Crippen molar-refractivity contribution in [3.63, 3.8) is 0 Å². The van der Waals surface area contributed by atoms with E-state index in [9.17, 15) is 14.4 Å². The van der Waals surface area contributed by atoms with Crippen LogP contribution in [0.1, 0.15) is 12.8 Å². The molecule has 1 fully saturated rings. The van der Waals surface area contributed by atoms with Crippen LogP contribution in [0.2, 0.25) is 0 Å². The van der Waals surface area contributed by atoms with Crippen LogP contribution in [0.3, 0.4) is 0 Å². The van der Waals surface area contributed by atoms with Gasteiger partial charge < -0.3 is 9.47 Å². The number of fused-ring (bicyclic) bond motifs is 1. The molecule has 0 spiro atoms. The number of carbonyl (C=O) groups is 3. The molecule has 1 saturated heterocycles. The molecule has 102 valence electrons. The van der Waals surface area contributed by atoms with Gasteiger partial charge in [0.15, 0.2) is 11.5 Å². The molecule has 0 aromatic carbocycles. The van der Waals surface area contributed by atoms with Gasteiger partial charge in [0.05, 0.1) is 6.42 Å². The minimum absolute atomic E-state index is 0.00538. The van der Waals surface area contributed by atoms with Gasteiger partial charge in [-0.2, -0.15) is 0 Å². The molecular formula is C15H12O5. The number of hydrogen-bond donors (Lipinski definition) is 0.